The fraction of sp³-hybridized carbons (Fsp3) is 0.471. The number of benzene rings is 1. The summed E-state index contributed by atoms with van der Waals surface area (Å²) in [5.41, 5.74) is 5.40. The van der Waals surface area contributed by atoms with E-state index in [0.717, 1.165) is 25.1 Å². The highest BCUT2D eigenvalue weighted by Gasteiger charge is 2.19. The fourth-order valence-electron chi connectivity index (χ4n) is 3.01. The second kappa shape index (κ2) is 5.90. The SMILES string of the molecule is COc1ccc2c(c1)C[C@@H](NCc1cnn(C)c1C)CC2. The molecule has 0 radical (unpaired) electrons. The van der Waals surface area contributed by atoms with E-state index in [1.807, 2.05) is 17.9 Å². The summed E-state index contributed by atoms with van der Waals surface area (Å²) in [6, 6.07) is 6.98. The number of methoxy groups -OCH3 is 1. The van der Waals surface area contributed by atoms with Crippen molar-refractivity contribution in [1.82, 2.24) is 15.1 Å². The number of hydrogen-bond donors (Lipinski definition) is 1. The van der Waals surface area contributed by atoms with Gasteiger partial charge in [0.2, 0.25) is 0 Å². The van der Waals surface area contributed by atoms with Crippen LogP contribution in [0.4, 0.5) is 0 Å². The quantitative estimate of drug-likeness (QED) is 0.937. The number of ether oxygens (including phenoxy) is 1. The minimum atomic E-state index is 0.532. The molecule has 1 heterocycles. The number of nitrogens with one attached hydrogen (secondary N) is 1. The molecule has 0 bridgehead atoms. The van der Waals surface area contributed by atoms with E-state index in [4.69, 9.17) is 4.74 Å². The average molecular weight is 285 g/mol. The number of aromatic nitrogens is 2. The van der Waals surface area contributed by atoms with Gasteiger partial charge in [-0.15, -0.1) is 0 Å². The maximum atomic E-state index is 5.33. The Balaban J connectivity index is 1.64. The van der Waals surface area contributed by atoms with E-state index >= 15 is 0 Å². The Morgan fingerprint density at radius 3 is 2.95 bits per heavy atom. The summed E-state index contributed by atoms with van der Waals surface area (Å²) in [7, 11) is 3.72. The summed E-state index contributed by atoms with van der Waals surface area (Å²) < 4.78 is 7.26. The smallest absolute Gasteiger partial charge is 0.119 e. The van der Waals surface area contributed by atoms with E-state index in [2.05, 4.69) is 35.5 Å². The van der Waals surface area contributed by atoms with Crippen LogP contribution < -0.4 is 10.1 Å². The van der Waals surface area contributed by atoms with Gasteiger partial charge in [-0.1, -0.05) is 6.07 Å². The second-order valence-corrected chi connectivity index (χ2v) is 5.83. The van der Waals surface area contributed by atoms with E-state index in [1.54, 1.807) is 7.11 Å². The van der Waals surface area contributed by atoms with Gasteiger partial charge in [0.25, 0.3) is 0 Å². The number of fused-ring (bicyclic) bond motifs is 1. The lowest BCUT2D eigenvalue weighted by Gasteiger charge is -2.26. The van der Waals surface area contributed by atoms with Crippen molar-refractivity contribution in [2.24, 2.45) is 7.05 Å². The zero-order valence-corrected chi connectivity index (χ0v) is 13.0. The van der Waals surface area contributed by atoms with Crippen molar-refractivity contribution in [1.29, 1.82) is 0 Å². The molecule has 1 N–H and O–H groups in total. The highest BCUT2D eigenvalue weighted by atomic mass is 16.5. The van der Waals surface area contributed by atoms with Crippen molar-refractivity contribution in [3.8, 4) is 5.75 Å². The molecule has 1 atom stereocenters. The van der Waals surface area contributed by atoms with Gasteiger partial charge in [0.15, 0.2) is 0 Å². The zero-order chi connectivity index (χ0) is 14.8. The monoisotopic (exact) mass is 285 g/mol. The van der Waals surface area contributed by atoms with Crippen molar-refractivity contribution < 1.29 is 4.74 Å². The van der Waals surface area contributed by atoms with Crippen LogP contribution in [0.3, 0.4) is 0 Å². The number of aryl methyl sites for hydroxylation is 2. The summed E-state index contributed by atoms with van der Waals surface area (Å²) in [6.45, 7) is 3.01. The minimum absolute atomic E-state index is 0.532. The van der Waals surface area contributed by atoms with E-state index in [0.29, 0.717) is 6.04 Å². The van der Waals surface area contributed by atoms with Crippen LogP contribution in [0.25, 0.3) is 0 Å². The molecule has 0 saturated heterocycles. The van der Waals surface area contributed by atoms with Gasteiger partial charge in [0.1, 0.15) is 5.75 Å². The van der Waals surface area contributed by atoms with E-state index in [-0.39, 0.29) is 0 Å². The Bertz CT molecular complexity index is 633. The van der Waals surface area contributed by atoms with E-state index in [1.165, 1.54) is 28.8 Å². The molecule has 0 amide bonds. The summed E-state index contributed by atoms with van der Waals surface area (Å²) >= 11 is 0. The lowest BCUT2D eigenvalue weighted by atomic mass is 9.88. The molecule has 0 saturated carbocycles. The lowest BCUT2D eigenvalue weighted by molar-refractivity contribution is 0.411. The molecule has 0 fully saturated rings. The van der Waals surface area contributed by atoms with Gasteiger partial charge in [0, 0.05) is 30.9 Å². The third kappa shape index (κ3) is 2.95. The van der Waals surface area contributed by atoms with Crippen LogP contribution in [-0.2, 0) is 26.4 Å². The van der Waals surface area contributed by atoms with Crippen molar-refractivity contribution >= 4 is 0 Å². The van der Waals surface area contributed by atoms with Gasteiger partial charge in [-0.3, -0.25) is 4.68 Å². The van der Waals surface area contributed by atoms with Gasteiger partial charge < -0.3 is 10.1 Å². The summed E-state index contributed by atoms with van der Waals surface area (Å²) in [5, 5.41) is 7.97. The van der Waals surface area contributed by atoms with Crippen molar-refractivity contribution in [2.45, 2.75) is 38.8 Å². The molecule has 0 unspecified atom stereocenters. The van der Waals surface area contributed by atoms with Crippen LogP contribution in [0.15, 0.2) is 24.4 Å². The molecule has 2 aromatic rings. The summed E-state index contributed by atoms with van der Waals surface area (Å²) in [6.07, 6.45) is 5.37. The Labute approximate surface area is 126 Å². The van der Waals surface area contributed by atoms with Crippen LogP contribution >= 0.6 is 0 Å². The van der Waals surface area contributed by atoms with Crippen molar-refractivity contribution in [3.05, 3.63) is 46.8 Å². The number of hydrogen-bond acceptors (Lipinski definition) is 3. The van der Waals surface area contributed by atoms with Crippen LogP contribution in [0.5, 0.6) is 5.75 Å². The Morgan fingerprint density at radius 1 is 1.38 bits per heavy atom. The normalized spacial score (nSPS) is 17.6. The van der Waals surface area contributed by atoms with Crippen LogP contribution in [0, 0.1) is 6.92 Å². The zero-order valence-electron chi connectivity index (χ0n) is 13.0. The van der Waals surface area contributed by atoms with Gasteiger partial charge in [-0.2, -0.15) is 5.10 Å². The number of rotatable bonds is 4. The largest absolute Gasteiger partial charge is 0.497 e. The van der Waals surface area contributed by atoms with Gasteiger partial charge in [-0.05, 0) is 49.4 Å². The van der Waals surface area contributed by atoms with Crippen LogP contribution in [-0.4, -0.2) is 22.9 Å². The Hall–Kier alpha value is -1.81. The van der Waals surface area contributed by atoms with E-state index in [9.17, 15) is 0 Å². The van der Waals surface area contributed by atoms with Crippen molar-refractivity contribution in [3.63, 3.8) is 0 Å². The van der Waals surface area contributed by atoms with Crippen molar-refractivity contribution in [2.75, 3.05) is 7.11 Å². The summed E-state index contributed by atoms with van der Waals surface area (Å²) in [5.74, 6) is 0.956. The Kier molecular flexibility index (Phi) is 3.97. The van der Waals surface area contributed by atoms with E-state index < -0.39 is 0 Å². The van der Waals surface area contributed by atoms with Gasteiger partial charge in [0.05, 0.1) is 13.3 Å². The summed E-state index contributed by atoms with van der Waals surface area (Å²) in [4.78, 5) is 0. The highest BCUT2D eigenvalue weighted by Crippen LogP contribution is 2.25. The molecule has 0 aliphatic heterocycles. The molecule has 4 nitrogen and oxygen atoms in total. The third-order valence-electron chi connectivity index (χ3n) is 4.56. The lowest BCUT2D eigenvalue weighted by Crippen LogP contribution is -2.34. The van der Waals surface area contributed by atoms with Gasteiger partial charge in [-0.25, -0.2) is 0 Å². The average Bonchev–Trinajstić information content (AvgIpc) is 2.83. The molecule has 1 aromatic heterocycles. The fourth-order valence-corrected chi connectivity index (χ4v) is 3.01. The molecule has 1 aromatic carbocycles. The number of nitrogens with zero attached hydrogens (tertiary/aromatic N) is 2. The standard InChI is InChI=1S/C17H23N3O/c1-12-15(11-19-20(12)2)10-18-16-6-4-13-5-7-17(21-3)9-14(13)8-16/h5,7,9,11,16,18H,4,6,8,10H2,1-3H3/t16-/m0/s1. The first kappa shape index (κ1) is 14.1. The predicted molar refractivity (Wildman–Crippen MR) is 83.6 cm³/mol. The maximum absolute atomic E-state index is 5.33. The first-order valence-corrected chi connectivity index (χ1v) is 7.54. The molecular formula is C17H23N3O. The molecule has 1 aliphatic rings. The molecular weight excluding hydrogens is 262 g/mol. The second-order valence-electron chi connectivity index (χ2n) is 5.83. The molecule has 3 rings (SSSR count). The van der Waals surface area contributed by atoms with Gasteiger partial charge >= 0.3 is 0 Å². The highest BCUT2D eigenvalue weighted by molar-refractivity contribution is 5.38. The first-order valence-electron chi connectivity index (χ1n) is 7.54. The first-order chi connectivity index (χ1) is 10.2. The maximum Gasteiger partial charge on any atom is 0.119 e. The minimum Gasteiger partial charge on any atom is -0.497 e. The third-order valence-corrected chi connectivity index (χ3v) is 4.56. The van der Waals surface area contributed by atoms with Crippen LogP contribution in [0.2, 0.25) is 0 Å². The Morgan fingerprint density at radius 2 is 2.24 bits per heavy atom. The molecule has 4 heteroatoms. The molecule has 112 valence electrons. The van der Waals surface area contributed by atoms with Crippen LogP contribution in [0.1, 0.15) is 28.8 Å². The molecule has 1 aliphatic carbocycles. The topological polar surface area (TPSA) is 39.1 Å². The molecule has 0 spiro atoms. The predicted octanol–water partition coefficient (Wildman–Crippen LogP) is 2.38. The molecule has 21 heavy (non-hydrogen) atoms.